The van der Waals surface area contributed by atoms with Crippen molar-refractivity contribution in [1.29, 1.82) is 0 Å². The Morgan fingerprint density at radius 2 is 1.90 bits per heavy atom. The molecule has 0 aliphatic heterocycles. The first-order valence-corrected chi connectivity index (χ1v) is 5.72. The summed E-state index contributed by atoms with van der Waals surface area (Å²) in [5, 5.41) is 10.5. The molecule has 6 heteroatoms. The highest BCUT2D eigenvalue weighted by atomic mass is 19.1. The van der Waals surface area contributed by atoms with Gasteiger partial charge < -0.3 is 4.74 Å². The molecule has 0 amide bonds. The summed E-state index contributed by atoms with van der Waals surface area (Å²) in [5.41, 5.74) is 0.624. The molecule has 0 aliphatic carbocycles. The van der Waals surface area contributed by atoms with Crippen LogP contribution in [0.1, 0.15) is 15.9 Å². The van der Waals surface area contributed by atoms with E-state index in [4.69, 9.17) is 4.74 Å². The second-order valence-electron chi connectivity index (χ2n) is 4.01. The minimum Gasteiger partial charge on any atom is -0.457 e. The number of halogens is 1. The molecule has 0 aliphatic rings. The molecule has 0 heterocycles. The fourth-order valence-corrected chi connectivity index (χ4v) is 1.58. The number of benzene rings is 2. The zero-order chi connectivity index (χ0) is 14.5. The summed E-state index contributed by atoms with van der Waals surface area (Å²) < 4.78 is 17.9. The van der Waals surface area contributed by atoms with E-state index < -0.39 is 16.7 Å². The van der Waals surface area contributed by atoms with E-state index in [0.717, 1.165) is 0 Å². The normalized spacial score (nSPS) is 10.1. The van der Waals surface area contributed by atoms with E-state index in [0.29, 0.717) is 5.56 Å². The van der Waals surface area contributed by atoms with Crippen molar-refractivity contribution >= 4 is 11.7 Å². The highest BCUT2D eigenvalue weighted by Crippen LogP contribution is 2.13. The van der Waals surface area contributed by atoms with Gasteiger partial charge in [0, 0.05) is 12.1 Å². The summed E-state index contributed by atoms with van der Waals surface area (Å²) >= 11 is 0. The van der Waals surface area contributed by atoms with Gasteiger partial charge in [-0.25, -0.2) is 9.18 Å². The number of non-ortho nitro benzene ring substituents is 1. The molecule has 0 aromatic heterocycles. The van der Waals surface area contributed by atoms with E-state index in [-0.39, 0.29) is 17.9 Å². The predicted octanol–water partition coefficient (Wildman–Crippen LogP) is 3.09. The van der Waals surface area contributed by atoms with Gasteiger partial charge in [0.05, 0.1) is 10.5 Å². The predicted molar refractivity (Wildman–Crippen MR) is 68.6 cm³/mol. The first kappa shape index (κ1) is 13.7. The van der Waals surface area contributed by atoms with Crippen LogP contribution in [0.25, 0.3) is 0 Å². The van der Waals surface area contributed by atoms with Gasteiger partial charge in [0.2, 0.25) is 0 Å². The van der Waals surface area contributed by atoms with E-state index >= 15 is 0 Å². The van der Waals surface area contributed by atoms with E-state index in [9.17, 15) is 19.3 Å². The highest BCUT2D eigenvalue weighted by Gasteiger charge is 2.10. The number of hydrogen-bond acceptors (Lipinski definition) is 4. The Morgan fingerprint density at radius 1 is 1.20 bits per heavy atom. The molecule has 102 valence electrons. The number of nitrogens with zero attached hydrogens (tertiary/aromatic N) is 1. The minimum absolute atomic E-state index is 0.0619. The number of nitro benzene ring substituents is 1. The van der Waals surface area contributed by atoms with Crippen LogP contribution in [0.3, 0.4) is 0 Å². The molecule has 20 heavy (non-hydrogen) atoms. The standard InChI is InChI=1S/C14H10FNO4/c15-12-3-1-2-10(8-12)9-20-14(17)11-4-6-13(7-5-11)16(18)19/h1-8H,9H2. The molecule has 0 spiro atoms. The molecule has 0 saturated heterocycles. The Hall–Kier alpha value is -2.76. The summed E-state index contributed by atoms with van der Waals surface area (Å²) in [7, 11) is 0. The molecule has 0 radical (unpaired) electrons. The molecule has 0 bridgehead atoms. The van der Waals surface area contributed by atoms with Crippen LogP contribution < -0.4 is 0 Å². The smallest absolute Gasteiger partial charge is 0.338 e. The van der Waals surface area contributed by atoms with Crippen molar-refractivity contribution in [3.8, 4) is 0 Å². The number of ether oxygens (including phenoxy) is 1. The molecule has 0 fully saturated rings. The third-order valence-electron chi connectivity index (χ3n) is 2.57. The van der Waals surface area contributed by atoms with Crippen molar-refractivity contribution in [2.24, 2.45) is 0 Å². The van der Waals surface area contributed by atoms with E-state index in [1.165, 1.54) is 42.5 Å². The first-order chi connectivity index (χ1) is 9.56. The summed E-state index contributed by atoms with van der Waals surface area (Å²) in [5.74, 6) is -1.03. The Bertz CT molecular complexity index is 640. The van der Waals surface area contributed by atoms with Crippen molar-refractivity contribution < 1.29 is 18.8 Å². The maximum Gasteiger partial charge on any atom is 0.338 e. The largest absolute Gasteiger partial charge is 0.457 e. The van der Waals surface area contributed by atoms with Crippen molar-refractivity contribution in [3.05, 3.63) is 75.6 Å². The lowest BCUT2D eigenvalue weighted by Gasteiger charge is -2.05. The third kappa shape index (κ3) is 3.38. The van der Waals surface area contributed by atoms with Crippen LogP contribution in [0.15, 0.2) is 48.5 Å². The van der Waals surface area contributed by atoms with Gasteiger partial charge in [-0.2, -0.15) is 0 Å². The van der Waals surface area contributed by atoms with Crippen molar-refractivity contribution in [2.75, 3.05) is 0 Å². The van der Waals surface area contributed by atoms with Gasteiger partial charge in [-0.1, -0.05) is 12.1 Å². The van der Waals surface area contributed by atoms with Gasteiger partial charge in [-0.15, -0.1) is 0 Å². The van der Waals surface area contributed by atoms with E-state index in [1.54, 1.807) is 6.07 Å². The van der Waals surface area contributed by atoms with Crippen molar-refractivity contribution in [1.82, 2.24) is 0 Å². The Labute approximate surface area is 113 Å². The number of nitro groups is 1. The highest BCUT2D eigenvalue weighted by molar-refractivity contribution is 5.89. The monoisotopic (exact) mass is 275 g/mol. The first-order valence-electron chi connectivity index (χ1n) is 5.72. The number of esters is 1. The molecular formula is C14H10FNO4. The number of carbonyl (C=O) groups excluding carboxylic acids is 1. The minimum atomic E-state index is -0.621. The molecule has 2 aromatic carbocycles. The fourth-order valence-electron chi connectivity index (χ4n) is 1.58. The topological polar surface area (TPSA) is 69.4 Å². The van der Waals surface area contributed by atoms with Crippen LogP contribution in [-0.2, 0) is 11.3 Å². The zero-order valence-electron chi connectivity index (χ0n) is 10.3. The SMILES string of the molecule is O=C(OCc1cccc(F)c1)c1ccc([N+](=O)[O-])cc1. The van der Waals surface area contributed by atoms with Gasteiger partial charge in [0.25, 0.3) is 5.69 Å². The average molecular weight is 275 g/mol. The van der Waals surface area contributed by atoms with Crippen LogP contribution in [0.4, 0.5) is 10.1 Å². The van der Waals surface area contributed by atoms with Gasteiger partial charge in [0.15, 0.2) is 0 Å². The maximum atomic E-state index is 12.9. The third-order valence-corrected chi connectivity index (χ3v) is 2.57. The lowest BCUT2D eigenvalue weighted by atomic mass is 10.2. The van der Waals surface area contributed by atoms with Crippen LogP contribution in [0.5, 0.6) is 0 Å². The van der Waals surface area contributed by atoms with E-state index in [1.807, 2.05) is 0 Å². The Morgan fingerprint density at radius 3 is 2.50 bits per heavy atom. The lowest BCUT2D eigenvalue weighted by Crippen LogP contribution is -2.05. The van der Waals surface area contributed by atoms with Crippen LogP contribution >= 0.6 is 0 Å². The van der Waals surface area contributed by atoms with E-state index in [2.05, 4.69) is 0 Å². The van der Waals surface area contributed by atoms with Gasteiger partial charge in [-0.05, 0) is 29.8 Å². The molecular weight excluding hydrogens is 265 g/mol. The van der Waals surface area contributed by atoms with Crippen molar-refractivity contribution in [3.63, 3.8) is 0 Å². The fraction of sp³-hybridized carbons (Fsp3) is 0.0714. The molecule has 2 aromatic rings. The molecule has 0 saturated carbocycles. The lowest BCUT2D eigenvalue weighted by molar-refractivity contribution is -0.384. The molecule has 5 nitrogen and oxygen atoms in total. The second kappa shape index (κ2) is 5.92. The molecule has 0 unspecified atom stereocenters. The summed E-state index contributed by atoms with van der Waals surface area (Å²) in [6.45, 7) is -0.0619. The average Bonchev–Trinajstić information content (AvgIpc) is 2.45. The second-order valence-corrected chi connectivity index (χ2v) is 4.01. The maximum absolute atomic E-state index is 12.9. The zero-order valence-corrected chi connectivity index (χ0v) is 10.3. The van der Waals surface area contributed by atoms with Crippen LogP contribution in [0, 0.1) is 15.9 Å². The Balaban J connectivity index is 1.99. The number of rotatable bonds is 4. The molecule has 2 rings (SSSR count). The Kier molecular flexibility index (Phi) is 4.05. The number of hydrogen-bond donors (Lipinski definition) is 0. The van der Waals surface area contributed by atoms with Gasteiger partial charge in [0.1, 0.15) is 12.4 Å². The number of carbonyl (C=O) groups is 1. The van der Waals surface area contributed by atoms with Crippen molar-refractivity contribution in [2.45, 2.75) is 6.61 Å². The summed E-state index contributed by atoms with van der Waals surface area (Å²) in [4.78, 5) is 21.6. The summed E-state index contributed by atoms with van der Waals surface area (Å²) in [6.07, 6.45) is 0. The molecule has 0 atom stereocenters. The quantitative estimate of drug-likeness (QED) is 0.488. The van der Waals surface area contributed by atoms with Gasteiger partial charge >= 0.3 is 5.97 Å². The van der Waals surface area contributed by atoms with Crippen LogP contribution in [-0.4, -0.2) is 10.9 Å². The molecule has 0 N–H and O–H groups in total. The van der Waals surface area contributed by atoms with Gasteiger partial charge in [-0.3, -0.25) is 10.1 Å². The van der Waals surface area contributed by atoms with Crippen LogP contribution in [0.2, 0.25) is 0 Å². The summed E-state index contributed by atoms with van der Waals surface area (Å²) in [6, 6.07) is 10.8.